The Morgan fingerprint density at radius 2 is 1.76 bits per heavy atom. The molecule has 4 nitrogen and oxygen atoms in total. The minimum atomic E-state index is -2.15. The van der Waals surface area contributed by atoms with Gasteiger partial charge in [-0.1, -0.05) is 59.8 Å². The molecule has 0 bridgehead atoms. The lowest BCUT2D eigenvalue weighted by atomic mass is 9.78. The van der Waals surface area contributed by atoms with Crippen molar-refractivity contribution in [3.8, 4) is 11.5 Å². The van der Waals surface area contributed by atoms with Gasteiger partial charge in [-0.15, -0.1) is 0 Å². The van der Waals surface area contributed by atoms with Gasteiger partial charge >= 0.3 is 5.97 Å². The van der Waals surface area contributed by atoms with Crippen LogP contribution in [-0.4, -0.2) is 27.0 Å². The second-order valence-electron chi connectivity index (χ2n) is 10.1. The monoisotopic (exact) mass is 536 g/mol. The SMILES string of the molecule is CCOC(=O)/C(C)=C/C=C/[C@]1(C)c2c(O[Si](C(C)C)(C(C)C)C(C)C)ccc(Br)c2O[C@@H]1C. The number of fused-ring (bicyclic) bond motifs is 1. The zero-order valence-electron chi connectivity index (χ0n) is 21.9. The number of allylic oxidation sites excluding steroid dienone is 2. The third-order valence-corrected chi connectivity index (χ3v) is 13.7. The summed E-state index contributed by atoms with van der Waals surface area (Å²) in [6.07, 6.45) is 5.77. The van der Waals surface area contributed by atoms with Crippen molar-refractivity contribution in [1.82, 2.24) is 0 Å². The second kappa shape index (κ2) is 10.8. The first-order valence-corrected chi connectivity index (χ1v) is 15.0. The first kappa shape index (κ1) is 27.7. The Labute approximate surface area is 210 Å². The summed E-state index contributed by atoms with van der Waals surface area (Å²) in [6.45, 7) is 22.0. The molecule has 0 spiro atoms. The number of halogens is 1. The first-order chi connectivity index (χ1) is 15.3. The maximum Gasteiger partial charge on any atom is 0.333 e. The summed E-state index contributed by atoms with van der Waals surface area (Å²) < 4.78 is 19.5. The standard InChI is InChI=1S/C27H41BrO4Si/c1-11-30-26(29)20(8)13-12-16-27(10)21(9)31-25-22(28)14-15-23(24(25)27)32-33(17(2)3,18(4)5)19(6)7/h12-19,21H,11H2,1-10H3/b16-12+,20-13+/t21-,27+/m1/s1. The minimum Gasteiger partial charge on any atom is -0.542 e. The summed E-state index contributed by atoms with van der Waals surface area (Å²) in [5, 5.41) is 0. The number of hydrogen-bond donors (Lipinski definition) is 0. The van der Waals surface area contributed by atoms with E-state index in [0.29, 0.717) is 28.8 Å². The molecule has 0 aliphatic carbocycles. The third-order valence-electron chi connectivity index (χ3n) is 7.13. The van der Waals surface area contributed by atoms with E-state index in [2.05, 4.69) is 83.5 Å². The van der Waals surface area contributed by atoms with Crippen molar-refractivity contribution in [2.45, 2.75) is 97.4 Å². The predicted molar refractivity (Wildman–Crippen MR) is 143 cm³/mol. The Morgan fingerprint density at radius 1 is 1.18 bits per heavy atom. The average Bonchev–Trinajstić information content (AvgIpc) is 2.99. The Kier molecular flexibility index (Phi) is 9.08. The normalized spacial score (nSPS) is 21.2. The van der Waals surface area contributed by atoms with Gasteiger partial charge in [-0.05, 0) is 72.4 Å². The van der Waals surface area contributed by atoms with Gasteiger partial charge in [-0.2, -0.15) is 0 Å². The van der Waals surface area contributed by atoms with Crippen molar-refractivity contribution in [1.29, 1.82) is 0 Å². The van der Waals surface area contributed by atoms with E-state index in [1.165, 1.54) is 0 Å². The van der Waals surface area contributed by atoms with Crippen LogP contribution in [0.1, 0.15) is 74.8 Å². The molecule has 2 atom stereocenters. The Balaban J connectivity index is 2.60. The van der Waals surface area contributed by atoms with Gasteiger partial charge in [0.2, 0.25) is 0 Å². The minimum absolute atomic E-state index is 0.0886. The van der Waals surface area contributed by atoms with Gasteiger partial charge in [0.25, 0.3) is 8.32 Å². The number of carbonyl (C=O) groups excluding carboxylic acids is 1. The van der Waals surface area contributed by atoms with E-state index in [9.17, 15) is 4.79 Å². The van der Waals surface area contributed by atoms with Crippen LogP contribution in [0.15, 0.2) is 40.4 Å². The fourth-order valence-corrected chi connectivity index (χ4v) is 10.9. The molecule has 0 saturated heterocycles. The topological polar surface area (TPSA) is 44.8 Å². The van der Waals surface area contributed by atoms with Crippen molar-refractivity contribution < 1.29 is 18.7 Å². The van der Waals surface area contributed by atoms with E-state index in [1.807, 2.05) is 25.1 Å². The van der Waals surface area contributed by atoms with Crippen LogP contribution < -0.4 is 9.16 Å². The summed E-state index contributed by atoms with van der Waals surface area (Å²) in [7, 11) is -2.15. The van der Waals surface area contributed by atoms with Crippen molar-refractivity contribution in [2.24, 2.45) is 0 Å². The number of hydrogen-bond acceptors (Lipinski definition) is 4. The first-order valence-electron chi connectivity index (χ1n) is 12.0. The molecule has 6 heteroatoms. The molecule has 0 unspecified atom stereocenters. The Morgan fingerprint density at radius 3 is 2.27 bits per heavy atom. The van der Waals surface area contributed by atoms with E-state index < -0.39 is 13.7 Å². The molecule has 0 fully saturated rings. The molecule has 1 aliphatic rings. The molecule has 1 aromatic rings. The zero-order chi connectivity index (χ0) is 25.1. The highest BCUT2D eigenvalue weighted by Crippen LogP contribution is 2.54. The number of benzene rings is 1. The molecular formula is C27H41BrO4Si. The van der Waals surface area contributed by atoms with Crippen molar-refractivity contribution in [3.63, 3.8) is 0 Å². The summed E-state index contributed by atoms with van der Waals surface area (Å²) in [5.41, 5.74) is 2.63. The third kappa shape index (κ3) is 5.27. The van der Waals surface area contributed by atoms with Crippen molar-refractivity contribution >= 4 is 30.2 Å². The van der Waals surface area contributed by atoms with Crippen LogP contribution in [0.2, 0.25) is 16.6 Å². The van der Waals surface area contributed by atoms with Crippen LogP contribution in [0.3, 0.4) is 0 Å². The summed E-state index contributed by atoms with van der Waals surface area (Å²) in [4.78, 5) is 12.0. The number of esters is 1. The van der Waals surface area contributed by atoms with Gasteiger partial charge in [-0.3, -0.25) is 0 Å². The highest BCUT2D eigenvalue weighted by Gasteiger charge is 2.50. The van der Waals surface area contributed by atoms with Crippen LogP contribution in [0, 0.1) is 0 Å². The highest BCUT2D eigenvalue weighted by atomic mass is 79.9. The van der Waals surface area contributed by atoms with Gasteiger partial charge in [0.05, 0.1) is 16.5 Å². The van der Waals surface area contributed by atoms with Gasteiger partial charge in [0.15, 0.2) is 0 Å². The second-order valence-corrected chi connectivity index (χ2v) is 16.4. The van der Waals surface area contributed by atoms with Crippen molar-refractivity contribution in [2.75, 3.05) is 6.61 Å². The van der Waals surface area contributed by atoms with Crippen molar-refractivity contribution in [3.05, 3.63) is 46.0 Å². The molecule has 0 radical (unpaired) electrons. The highest BCUT2D eigenvalue weighted by molar-refractivity contribution is 9.10. The fourth-order valence-electron chi connectivity index (χ4n) is 5.22. The average molecular weight is 538 g/mol. The Hall–Kier alpha value is -1.53. The molecule has 1 aliphatic heterocycles. The van der Waals surface area contributed by atoms with Gasteiger partial charge in [-0.25, -0.2) is 4.79 Å². The van der Waals surface area contributed by atoms with Crippen LogP contribution in [0.5, 0.6) is 11.5 Å². The van der Waals surface area contributed by atoms with Crippen LogP contribution in [-0.2, 0) is 14.9 Å². The molecule has 0 amide bonds. The lowest BCUT2D eigenvalue weighted by molar-refractivity contribution is -0.138. The van der Waals surface area contributed by atoms with Crippen LogP contribution in [0.25, 0.3) is 0 Å². The molecule has 184 valence electrons. The number of carbonyl (C=O) groups is 1. The zero-order valence-corrected chi connectivity index (χ0v) is 24.5. The molecular weight excluding hydrogens is 496 g/mol. The van der Waals surface area contributed by atoms with Crippen LogP contribution in [0.4, 0.5) is 0 Å². The quantitative estimate of drug-likeness (QED) is 0.138. The lowest BCUT2D eigenvalue weighted by Crippen LogP contribution is -2.51. The molecule has 1 heterocycles. The number of ether oxygens (including phenoxy) is 2. The summed E-state index contributed by atoms with van der Waals surface area (Å²) >= 11 is 3.69. The summed E-state index contributed by atoms with van der Waals surface area (Å²) in [6, 6.07) is 4.12. The maximum atomic E-state index is 12.0. The molecule has 0 aromatic heterocycles. The fraction of sp³-hybridized carbons (Fsp3) is 0.593. The lowest BCUT2D eigenvalue weighted by Gasteiger charge is -2.43. The smallest absolute Gasteiger partial charge is 0.333 e. The maximum absolute atomic E-state index is 12.0. The van der Waals surface area contributed by atoms with Gasteiger partial charge < -0.3 is 13.9 Å². The van der Waals surface area contributed by atoms with E-state index >= 15 is 0 Å². The molecule has 2 rings (SSSR count). The van der Waals surface area contributed by atoms with E-state index in [4.69, 9.17) is 13.9 Å². The summed E-state index contributed by atoms with van der Waals surface area (Å²) in [5.74, 6) is 1.47. The van der Waals surface area contributed by atoms with Gasteiger partial charge in [0.1, 0.15) is 17.6 Å². The van der Waals surface area contributed by atoms with E-state index in [-0.39, 0.29) is 12.1 Å². The molecule has 33 heavy (non-hydrogen) atoms. The Bertz CT molecular complexity index is 897. The molecule has 1 aromatic carbocycles. The largest absolute Gasteiger partial charge is 0.542 e. The van der Waals surface area contributed by atoms with E-state index in [1.54, 1.807) is 6.92 Å². The van der Waals surface area contributed by atoms with Gasteiger partial charge in [0, 0.05) is 11.1 Å². The van der Waals surface area contributed by atoms with E-state index in [0.717, 1.165) is 21.5 Å². The molecule has 0 saturated carbocycles. The molecule has 0 N–H and O–H groups in total. The number of rotatable bonds is 9. The predicted octanol–water partition coefficient (Wildman–Crippen LogP) is 8.11. The van der Waals surface area contributed by atoms with Crippen LogP contribution >= 0.6 is 15.9 Å².